The highest BCUT2D eigenvalue weighted by atomic mass is 79.9. The van der Waals surface area contributed by atoms with Crippen LogP contribution >= 0.6 is 27.3 Å². The SMILES string of the molecule is O=C(O)c1cnc2c(Br)csc2c1O. The zero-order chi connectivity index (χ0) is 10.3. The maximum absolute atomic E-state index is 10.7. The summed E-state index contributed by atoms with van der Waals surface area (Å²) in [4.78, 5) is 14.6. The minimum Gasteiger partial charge on any atom is -0.505 e. The first-order valence-corrected chi connectivity index (χ1v) is 5.26. The van der Waals surface area contributed by atoms with Crippen LogP contribution in [-0.2, 0) is 0 Å². The fraction of sp³-hybridized carbons (Fsp3) is 0. The smallest absolute Gasteiger partial charge is 0.341 e. The quantitative estimate of drug-likeness (QED) is 0.838. The fourth-order valence-electron chi connectivity index (χ4n) is 1.09. The molecule has 2 rings (SSSR count). The lowest BCUT2D eigenvalue weighted by atomic mass is 10.2. The number of pyridine rings is 1. The van der Waals surface area contributed by atoms with Crippen LogP contribution in [0, 0.1) is 0 Å². The summed E-state index contributed by atoms with van der Waals surface area (Å²) in [6.45, 7) is 0. The molecule has 0 aromatic carbocycles. The molecule has 0 aliphatic rings. The third-order valence-electron chi connectivity index (χ3n) is 1.74. The van der Waals surface area contributed by atoms with Crippen molar-refractivity contribution < 1.29 is 15.0 Å². The van der Waals surface area contributed by atoms with Crippen molar-refractivity contribution in [2.24, 2.45) is 0 Å². The van der Waals surface area contributed by atoms with E-state index in [0.717, 1.165) is 10.7 Å². The Labute approximate surface area is 91.0 Å². The van der Waals surface area contributed by atoms with E-state index in [0.29, 0.717) is 10.2 Å². The highest BCUT2D eigenvalue weighted by Crippen LogP contribution is 2.36. The maximum Gasteiger partial charge on any atom is 0.341 e. The first-order chi connectivity index (χ1) is 6.61. The Balaban J connectivity index is 2.82. The number of aromatic hydroxyl groups is 1. The van der Waals surface area contributed by atoms with Crippen LogP contribution in [0.2, 0.25) is 0 Å². The number of aromatic nitrogens is 1. The van der Waals surface area contributed by atoms with Gasteiger partial charge in [-0.15, -0.1) is 11.3 Å². The molecule has 0 saturated carbocycles. The van der Waals surface area contributed by atoms with Crippen molar-refractivity contribution >= 4 is 43.5 Å². The van der Waals surface area contributed by atoms with Gasteiger partial charge in [-0.3, -0.25) is 4.98 Å². The third kappa shape index (κ3) is 1.27. The number of carboxylic acid groups (broad SMARTS) is 1. The average molecular weight is 274 g/mol. The zero-order valence-electron chi connectivity index (χ0n) is 6.69. The number of nitrogens with zero attached hydrogens (tertiary/aromatic N) is 1. The van der Waals surface area contributed by atoms with E-state index in [1.54, 1.807) is 5.38 Å². The van der Waals surface area contributed by atoms with Crippen LogP contribution in [0.5, 0.6) is 5.75 Å². The lowest BCUT2D eigenvalue weighted by molar-refractivity contribution is 0.0693. The number of aromatic carboxylic acids is 1. The van der Waals surface area contributed by atoms with Crippen molar-refractivity contribution in [3.63, 3.8) is 0 Å². The van der Waals surface area contributed by atoms with Gasteiger partial charge in [-0.25, -0.2) is 4.79 Å². The van der Waals surface area contributed by atoms with E-state index in [1.165, 1.54) is 11.3 Å². The summed E-state index contributed by atoms with van der Waals surface area (Å²) in [6.07, 6.45) is 1.15. The van der Waals surface area contributed by atoms with Crippen LogP contribution in [0.4, 0.5) is 0 Å². The molecule has 0 bridgehead atoms. The number of carbonyl (C=O) groups is 1. The third-order valence-corrected chi connectivity index (χ3v) is 3.63. The molecule has 2 heterocycles. The maximum atomic E-state index is 10.7. The van der Waals surface area contributed by atoms with Crippen LogP contribution in [0.25, 0.3) is 10.2 Å². The number of fused-ring (bicyclic) bond motifs is 1. The highest BCUT2D eigenvalue weighted by Gasteiger charge is 2.16. The average Bonchev–Trinajstić information content (AvgIpc) is 2.49. The molecule has 0 aliphatic carbocycles. The van der Waals surface area contributed by atoms with Crippen molar-refractivity contribution in [2.45, 2.75) is 0 Å². The van der Waals surface area contributed by atoms with Gasteiger partial charge in [-0.1, -0.05) is 0 Å². The van der Waals surface area contributed by atoms with Gasteiger partial charge < -0.3 is 10.2 Å². The van der Waals surface area contributed by atoms with E-state index in [2.05, 4.69) is 20.9 Å². The van der Waals surface area contributed by atoms with E-state index in [4.69, 9.17) is 5.11 Å². The van der Waals surface area contributed by atoms with Crippen molar-refractivity contribution in [3.8, 4) is 5.75 Å². The molecule has 72 valence electrons. The molecule has 0 saturated heterocycles. The van der Waals surface area contributed by atoms with Gasteiger partial charge in [0.1, 0.15) is 5.56 Å². The van der Waals surface area contributed by atoms with Crippen molar-refractivity contribution in [3.05, 3.63) is 21.6 Å². The molecule has 14 heavy (non-hydrogen) atoms. The second-order valence-electron chi connectivity index (χ2n) is 2.59. The molecule has 6 heteroatoms. The van der Waals surface area contributed by atoms with Gasteiger partial charge in [-0.2, -0.15) is 0 Å². The number of hydrogen-bond acceptors (Lipinski definition) is 4. The van der Waals surface area contributed by atoms with E-state index in [-0.39, 0.29) is 11.3 Å². The number of hydrogen-bond donors (Lipinski definition) is 2. The van der Waals surface area contributed by atoms with Crippen LogP contribution in [-0.4, -0.2) is 21.2 Å². The van der Waals surface area contributed by atoms with Gasteiger partial charge in [0.2, 0.25) is 0 Å². The summed E-state index contributed by atoms with van der Waals surface area (Å²) in [5.74, 6) is -1.40. The summed E-state index contributed by atoms with van der Waals surface area (Å²) in [5, 5.41) is 20.1. The monoisotopic (exact) mass is 273 g/mol. The van der Waals surface area contributed by atoms with Gasteiger partial charge >= 0.3 is 5.97 Å². The molecule has 0 aliphatic heterocycles. The zero-order valence-corrected chi connectivity index (χ0v) is 9.09. The van der Waals surface area contributed by atoms with Crippen molar-refractivity contribution in [1.82, 2.24) is 4.98 Å². The molecule has 0 radical (unpaired) electrons. The molecular formula is C8H4BrNO3S. The minimum atomic E-state index is -1.18. The topological polar surface area (TPSA) is 70.4 Å². The molecule has 0 atom stereocenters. The number of thiophene rings is 1. The second kappa shape index (κ2) is 3.21. The molecule has 2 aromatic rings. The lowest BCUT2D eigenvalue weighted by Gasteiger charge is -1.99. The van der Waals surface area contributed by atoms with Crippen LogP contribution in [0.3, 0.4) is 0 Å². The minimum absolute atomic E-state index is 0.174. The van der Waals surface area contributed by atoms with Gasteiger partial charge in [0.15, 0.2) is 5.75 Å². The summed E-state index contributed by atoms with van der Waals surface area (Å²) in [6, 6.07) is 0. The van der Waals surface area contributed by atoms with Gasteiger partial charge in [-0.05, 0) is 15.9 Å². The molecule has 0 fully saturated rings. The Morgan fingerprint density at radius 2 is 2.29 bits per heavy atom. The summed E-state index contributed by atoms with van der Waals surface area (Å²) in [7, 11) is 0. The van der Waals surface area contributed by atoms with E-state index < -0.39 is 5.97 Å². The summed E-state index contributed by atoms with van der Waals surface area (Å²) < 4.78 is 1.24. The Hall–Kier alpha value is -1.14. The fourth-order valence-corrected chi connectivity index (χ4v) is 2.63. The molecular weight excluding hydrogens is 270 g/mol. The molecule has 4 nitrogen and oxygen atoms in total. The Morgan fingerprint density at radius 1 is 1.57 bits per heavy atom. The van der Waals surface area contributed by atoms with E-state index >= 15 is 0 Å². The van der Waals surface area contributed by atoms with Crippen molar-refractivity contribution in [2.75, 3.05) is 0 Å². The molecule has 2 N–H and O–H groups in total. The second-order valence-corrected chi connectivity index (χ2v) is 4.32. The summed E-state index contributed by atoms with van der Waals surface area (Å²) >= 11 is 4.50. The van der Waals surface area contributed by atoms with Gasteiger partial charge in [0.05, 0.1) is 14.7 Å². The molecule has 0 unspecified atom stereocenters. The predicted molar refractivity (Wildman–Crippen MR) is 55.9 cm³/mol. The van der Waals surface area contributed by atoms with Gasteiger partial charge in [0, 0.05) is 11.6 Å². The molecule has 0 spiro atoms. The molecule has 0 amide bonds. The number of rotatable bonds is 1. The predicted octanol–water partition coefficient (Wildman–Crippen LogP) is 2.46. The van der Waals surface area contributed by atoms with Crippen LogP contribution in [0.1, 0.15) is 10.4 Å². The lowest BCUT2D eigenvalue weighted by Crippen LogP contribution is -1.97. The first-order valence-electron chi connectivity index (χ1n) is 3.59. The van der Waals surface area contributed by atoms with E-state index in [9.17, 15) is 9.90 Å². The Kier molecular flexibility index (Phi) is 2.16. The van der Waals surface area contributed by atoms with Gasteiger partial charge in [0.25, 0.3) is 0 Å². The van der Waals surface area contributed by atoms with Crippen LogP contribution < -0.4 is 0 Å². The standard InChI is InChI=1S/C8H4BrNO3S/c9-4-2-14-7-5(4)10-1-3(6(7)11)8(12)13/h1-2H,(H,10,11)(H,12,13). The first kappa shape index (κ1) is 9.42. The number of halogens is 1. The van der Waals surface area contributed by atoms with Crippen molar-refractivity contribution in [1.29, 1.82) is 0 Å². The summed E-state index contributed by atoms with van der Waals surface area (Å²) in [5.41, 5.74) is 0.407. The number of carboxylic acids is 1. The van der Waals surface area contributed by atoms with Crippen LogP contribution in [0.15, 0.2) is 16.0 Å². The molecule has 2 aromatic heterocycles. The normalized spacial score (nSPS) is 10.6. The highest BCUT2D eigenvalue weighted by molar-refractivity contribution is 9.10. The Bertz CT molecular complexity index is 523. The largest absolute Gasteiger partial charge is 0.505 e. The van der Waals surface area contributed by atoms with E-state index in [1.807, 2.05) is 0 Å². The Morgan fingerprint density at radius 3 is 2.93 bits per heavy atom.